The largest absolute Gasteiger partial charge is 0.382 e. The van der Waals surface area contributed by atoms with Crippen LogP contribution in [0.4, 0.5) is 5.69 Å². The number of piperidine rings is 1. The average Bonchev–Trinajstić information content (AvgIpc) is 2.33. The van der Waals surface area contributed by atoms with Gasteiger partial charge in [0.05, 0.1) is 11.6 Å². The van der Waals surface area contributed by atoms with Crippen molar-refractivity contribution in [1.82, 2.24) is 4.90 Å². The minimum absolute atomic E-state index is 0.514. The maximum atomic E-state index is 8.87. The number of benzene rings is 1. The van der Waals surface area contributed by atoms with Crippen molar-refractivity contribution in [2.45, 2.75) is 19.4 Å². The van der Waals surface area contributed by atoms with Crippen molar-refractivity contribution in [1.29, 1.82) is 5.26 Å². The monoisotopic (exact) mass is 229 g/mol. The molecule has 2 rings (SSSR count). The number of nitrogens with zero attached hydrogens (tertiary/aromatic N) is 2. The molecule has 0 radical (unpaired) electrons. The summed E-state index contributed by atoms with van der Waals surface area (Å²) in [5.74, 6) is 0.638. The van der Waals surface area contributed by atoms with Gasteiger partial charge in [0.25, 0.3) is 0 Å². The van der Waals surface area contributed by atoms with Gasteiger partial charge in [-0.05, 0) is 44.1 Å². The Balaban J connectivity index is 2.03. The summed E-state index contributed by atoms with van der Waals surface area (Å²) in [6.45, 7) is 4.55. The predicted octanol–water partition coefficient (Wildman–Crippen LogP) is 2.31. The molecule has 17 heavy (non-hydrogen) atoms. The van der Waals surface area contributed by atoms with Crippen LogP contribution in [0.1, 0.15) is 18.9 Å². The molecule has 0 aliphatic carbocycles. The van der Waals surface area contributed by atoms with E-state index in [0.29, 0.717) is 12.0 Å². The van der Waals surface area contributed by atoms with Gasteiger partial charge in [0.1, 0.15) is 0 Å². The van der Waals surface area contributed by atoms with Crippen molar-refractivity contribution in [3.8, 4) is 6.07 Å². The Morgan fingerprint density at radius 2 is 2.29 bits per heavy atom. The summed E-state index contributed by atoms with van der Waals surface area (Å²) >= 11 is 0. The molecule has 1 fully saturated rings. The molecule has 0 saturated carbocycles. The van der Waals surface area contributed by atoms with Crippen molar-refractivity contribution in [2.24, 2.45) is 5.92 Å². The van der Waals surface area contributed by atoms with Crippen LogP contribution in [0.2, 0.25) is 0 Å². The van der Waals surface area contributed by atoms with E-state index in [1.54, 1.807) is 0 Å². The second-order valence-corrected chi connectivity index (χ2v) is 4.97. The van der Waals surface area contributed by atoms with Crippen LogP contribution < -0.4 is 5.32 Å². The van der Waals surface area contributed by atoms with Gasteiger partial charge in [0, 0.05) is 18.3 Å². The van der Waals surface area contributed by atoms with Crippen molar-refractivity contribution >= 4 is 5.69 Å². The highest BCUT2D eigenvalue weighted by Crippen LogP contribution is 2.20. The molecule has 1 aliphatic heterocycles. The third-order valence-electron chi connectivity index (χ3n) is 3.45. The van der Waals surface area contributed by atoms with E-state index in [-0.39, 0.29) is 0 Å². The zero-order valence-electron chi connectivity index (χ0n) is 10.5. The number of nitriles is 1. The standard InChI is InChI=1S/C14H19N3/c1-11-10-17(2)7-6-14(11)16-13-5-3-4-12(8-13)9-15/h3-5,8,11,14,16H,6-7,10H2,1-2H3. The molecular weight excluding hydrogens is 210 g/mol. The van der Waals surface area contributed by atoms with Crippen molar-refractivity contribution in [3.63, 3.8) is 0 Å². The maximum absolute atomic E-state index is 8.87. The molecule has 1 aliphatic rings. The Morgan fingerprint density at radius 1 is 1.47 bits per heavy atom. The number of nitrogens with one attached hydrogen (secondary N) is 1. The highest BCUT2D eigenvalue weighted by Gasteiger charge is 2.23. The topological polar surface area (TPSA) is 39.1 Å². The molecule has 1 aromatic carbocycles. The van der Waals surface area contributed by atoms with E-state index in [4.69, 9.17) is 5.26 Å². The van der Waals surface area contributed by atoms with Gasteiger partial charge in [-0.3, -0.25) is 0 Å². The van der Waals surface area contributed by atoms with Gasteiger partial charge in [-0.15, -0.1) is 0 Å². The summed E-state index contributed by atoms with van der Waals surface area (Å²) in [6, 6.07) is 10.4. The number of anilines is 1. The van der Waals surface area contributed by atoms with E-state index in [0.717, 1.165) is 30.8 Å². The first kappa shape index (κ1) is 11.9. The Kier molecular flexibility index (Phi) is 3.65. The van der Waals surface area contributed by atoms with Crippen LogP contribution in [0.3, 0.4) is 0 Å². The third-order valence-corrected chi connectivity index (χ3v) is 3.45. The first-order chi connectivity index (χ1) is 8.19. The quantitative estimate of drug-likeness (QED) is 0.846. The molecule has 0 amide bonds. The predicted molar refractivity (Wildman–Crippen MR) is 69.8 cm³/mol. The summed E-state index contributed by atoms with van der Waals surface area (Å²) < 4.78 is 0. The highest BCUT2D eigenvalue weighted by atomic mass is 15.1. The smallest absolute Gasteiger partial charge is 0.0992 e. The normalized spacial score (nSPS) is 25.2. The molecule has 1 aromatic rings. The summed E-state index contributed by atoms with van der Waals surface area (Å²) in [4.78, 5) is 2.37. The molecule has 3 heteroatoms. The minimum Gasteiger partial charge on any atom is -0.382 e. The number of hydrogen-bond acceptors (Lipinski definition) is 3. The number of hydrogen-bond donors (Lipinski definition) is 1. The number of likely N-dealkylation sites (tertiary alicyclic amines) is 1. The maximum Gasteiger partial charge on any atom is 0.0992 e. The van der Waals surface area contributed by atoms with Crippen molar-refractivity contribution in [2.75, 3.05) is 25.5 Å². The Hall–Kier alpha value is -1.53. The van der Waals surface area contributed by atoms with Gasteiger partial charge in [0.2, 0.25) is 0 Å². The fourth-order valence-corrected chi connectivity index (χ4v) is 2.46. The third kappa shape index (κ3) is 2.98. The van der Waals surface area contributed by atoms with E-state index < -0.39 is 0 Å². The molecule has 2 unspecified atom stereocenters. The van der Waals surface area contributed by atoms with Crippen LogP contribution in [0.5, 0.6) is 0 Å². The van der Waals surface area contributed by atoms with E-state index >= 15 is 0 Å². The fraction of sp³-hybridized carbons (Fsp3) is 0.500. The zero-order chi connectivity index (χ0) is 12.3. The minimum atomic E-state index is 0.514. The lowest BCUT2D eigenvalue weighted by molar-refractivity contribution is 0.206. The van der Waals surface area contributed by atoms with Crippen molar-refractivity contribution in [3.05, 3.63) is 29.8 Å². The summed E-state index contributed by atoms with van der Waals surface area (Å²) in [6.07, 6.45) is 1.16. The van der Waals surface area contributed by atoms with E-state index in [2.05, 4.69) is 30.3 Å². The van der Waals surface area contributed by atoms with E-state index in [1.807, 2.05) is 24.3 Å². The van der Waals surface area contributed by atoms with Gasteiger partial charge >= 0.3 is 0 Å². The SMILES string of the molecule is CC1CN(C)CCC1Nc1cccc(C#N)c1. The molecule has 0 aromatic heterocycles. The molecule has 3 nitrogen and oxygen atoms in total. The van der Waals surface area contributed by atoms with Crippen LogP contribution in [0.25, 0.3) is 0 Å². The van der Waals surface area contributed by atoms with E-state index in [1.165, 1.54) is 0 Å². The van der Waals surface area contributed by atoms with Gasteiger partial charge in [0.15, 0.2) is 0 Å². The first-order valence-corrected chi connectivity index (χ1v) is 6.14. The van der Waals surface area contributed by atoms with Gasteiger partial charge in [-0.2, -0.15) is 5.26 Å². The molecular formula is C14H19N3. The molecule has 90 valence electrons. The molecule has 2 atom stereocenters. The summed E-state index contributed by atoms with van der Waals surface area (Å²) in [5.41, 5.74) is 1.78. The Bertz CT molecular complexity index is 422. The molecule has 0 spiro atoms. The fourth-order valence-electron chi connectivity index (χ4n) is 2.46. The summed E-state index contributed by atoms with van der Waals surface area (Å²) in [7, 11) is 2.17. The van der Waals surface area contributed by atoms with Crippen molar-refractivity contribution < 1.29 is 0 Å². The molecule has 1 heterocycles. The second-order valence-electron chi connectivity index (χ2n) is 4.97. The first-order valence-electron chi connectivity index (χ1n) is 6.14. The van der Waals surface area contributed by atoms with Gasteiger partial charge in [-0.25, -0.2) is 0 Å². The highest BCUT2D eigenvalue weighted by molar-refractivity contribution is 5.49. The lowest BCUT2D eigenvalue weighted by atomic mass is 9.94. The Morgan fingerprint density at radius 3 is 3.00 bits per heavy atom. The lowest BCUT2D eigenvalue weighted by Crippen LogP contribution is -2.43. The number of rotatable bonds is 2. The molecule has 0 bridgehead atoms. The molecule has 1 N–H and O–H groups in total. The second kappa shape index (κ2) is 5.20. The van der Waals surface area contributed by atoms with Crippen LogP contribution in [0, 0.1) is 17.2 Å². The van der Waals surface area contributed by atoms with E-state index in [9.17, 15) is 0 Å². The van der Waals surface area contributed by atoms with Crippen LogP contribution in [-0.4, -0.2) is 31.1 Å². The Labute approximate surface area is 103 Å². The zero-order valence-corrected chi connectivity index (χ0v) is 10.5. The average molecular weight is 229 g/mol. The van der Waals surface area contributed by atoms with Gasteiger partial charge in [-0.1, -0.05) is 13.0 Å². The lowest BCUT2D eigenvalue weighted by Gasteiger charge is -2.35. The van der Waals surface area contributed by atoms with Crippen LogP contribution in [-0.2, 0) is 0 Å². The van der Waals surface area contributed by atoms with Crippen LogP contribution >= 0.6 is 0 Å². The van der Waals surface area contributed by atoms with Crippen LogP contribution in [0.15, 0.2) is 24.3 Å². The van der Waals surface area contributed by atoms with Gasteiger partial charge < -0.3 is 10.2 Å². The summed E-state index contributed by atoms with van der Waals surface area (Å²) in [5, 5.41) is 12.4. The molecule has 1 saturated heterocycles.